The summed E-state index contributed by atoms with van der Waals surface area (Å²) in [5.41, 5.74) is 8.60. The first kappa shape index (κ1) is 26.5. The fourth-order valence-electron chi connectivity index (χ4n) is 6.71. The molecular weight excluding hydrogens is 592 g/mol. The van der Waals surface area contributed by atoms with Gasteiger partial charge in [0, 0.05) is 55.4 Å². The number of hydrogen-bond acceptors (Lipinski definition) is 6. The Hall–Kier alpha value is -6.66. The molecule has 4 heterocycles. The van der Waals surface area contributed by atoms with Gasteiger partial charge in [0.2, 0.25) is 0 Å². The van der Waals surface area contributed by atoms with Gasteiger partial charge >= 0.3 is 0 Å². The molecule has 0 amide bonds. The molecule has 0 radical (unpaired) electrons. The average molecular weight is 617 g/mol. The third kappa shape index (κ3) is 4.20. The SMILES string of the molecule is c1ccc(-c2nc(-c3ccccc3)nc(-c3cc(-c4cccc5c4oc4ccccc45)cc4oc5cc6cccnc6cc5c34)n2)cc1. The van der Waals surface area contributed by atoms with E-state index in [0.29, 0.717) is 17.5 Å². The second-order valence-electron chi connectivity index (χ2n) is 11.9. The maximum atomic E-state index is 6.66. The van der Waals surface area contributed by atoms with Crippen molar-refractivity contribution in [1.82, 2.24) is 19.9 Å². The lowest BCUT2D eigenvalue weighted by Gasteiger charge is -2.11. The van der Waals surface area contributed by atoms with E-state index in [0.717, 1.165) is 82.6 Å². The minimum absolute atomic E-state index is 0.551. The highest BCUT2D eigenvalue weighted by molar-refractivity contribution is 6.17. The number of benzene rings is 6. The third-order valence-electron chi connectivity index (χ3n) is 8.95. The first-order chi connectivity index (χ1) is 23.8. The van der Waals surface area contributed by atoms with Gasteiger partial charge in [0.15, 0.2) is 17.5 Å². The highest BCUT2D eigenvalue weighted by atomic mass is 16.3. The van der Waals surface area contributed by atoms with Crippen LogP contribution in [-0.2, 0) is 0 Å². The Labute approximate surface area is 274 Å². The molecule has 10 rings (SSSR count). The summed E-state index contributed by atoms with van der Waals surface area (Å²) in [6.45, 7) is 0. The van der Waals surface area contributed by atoms with E-state index in [2.05, 4.69) is 53.5 Å². The monoisotopic (exact) mass is 616 g/mol. The predicted octanol–water partition coefficient (Wildman–Crippen LogP) is 10.9. The van der Waals surface area contributed by atoms with E-state index >= 15 is 0 Å². The van der Waals surface area contributed by atoms with Crippen LogP contribution in [0, 0.1) is 0 Å². The lowest BCUT2D eigenvalue weighted by atomic mass is 9.96. The number of fused-ring (bicyclic) bond motifs is 7. The van der Waals surface area contributed by atoms with Gasteiger partial charge in [0.25, 0.3) is 0 Å². The minimum Gasteiger partial charge on any atom is -0.456 e. The van der Waals surface area contributed by atoms with Gasteiger partial charge in [-0.25, -0.2) is 15.0 Å². The molecule has 0 saturated carbocycles. The second kappa shape index (κ2) is 10.4. The molecule has 6 aromatic carbocycles. The van der Waals surface area contributed by atoms with Crippen LogP contribution in [0.3, 0.4) is 0 Å². The molecule has 0 aliphatic heterocycles. The normalized spacial score (nSPS) is 11.8. The molecule has 0 atom stereocenters. The first-order valence-electron chi connectivity index (χ1n) is 15.8. The summed E-state index contributed by atoms with van der Waals surface area (Å²) < 4.78 is 13.1. The zero-order valence-corrected chi connectivity index (χ0v) is 25.5. The van der Waals surface area contributed by atoms with Crippen LogP contribution in [0.15, 0.2) is 155 Å². The molecule has 0 spiro atoms. The zero-order chi connectivity index (χ0) is 31.6. The number of para-hydroxylation sites is 2. The largest absolute Gasteiger partial charge is 0.456 e. The van der Waals surface area contributed by atoms with Gasteiger partial charge in [0.05, 0.1) is 5.52 Å². The number of nitrogens with zero attached hydrogens (tertiary/aromatic N) is 4. The van der Waals surface area contributed by atoms with Crippen LogP contribution in [0.4, 0.5) is 0 Å². The first-order valence-corrected chi connectivity index (χ1v) is 15.8. The summed E-state index contributed by atoms with van der Waals surface area (Å²) in [6, 6.07) is 46.8. The van der Waals surface area contributed by atoms with Crippen LogP contribution in [0.1, 0.15) is 0 Å². The fourth-order valence-corrected chi connectivity index (χ4v) is 6.71. The summed E-state index contributed by atoms with van der Waals surface area (Å²) in [4.78, 5) is 19.9. The van der Waals surface area contributed by atoms with Crippen LogP contribution >= 0.6 is 0 Å². The molecule has 0 N–H and O–H groups in total. The molecule has 6 heteroatoms. The molecule has 224 valence electrons. The van der Waals surface area contributed by atoms with Crippen molar-refractivity contribution in [3.05, 3.63) is 146 Å². The Morgan fingerprint density at radius 3 is 1.92 bits per heavy atom. The second-order valence-corrected chi connectivity index (χ2v) is 11.9. The van der Waals surface area contributed by atoms with E-state index in [9.17, 15) is 0 Å². The summed E-state index contributed by atoms with van der Waals surface area (Å²) >= 11 is 0. The van der Waals surface area contributed by atoms with Crippen molar-refractivity contribution >= 4 is 54.8 Å². The quantitative estimate of drug-likeness (QED) is 0.196. The Bertz CT molecular complexity index is 2780. The van der Waals surface area contributed by atoms with Crippen LogP contribution in [0.2, 0.25) is 0 Å². The van der Waals surface area contributed by atoms with Crippen molar-refractivity contribution in [3.8, 4) is 45.3 Å². The van der Waals surface area contributed by atoms with Gasteiger partial charge in [-0.1, -0.05) is 103 Å². The van der Waals surface area contributed by atoms with Gasteiger partial charge in [-0.15, -0.1) is 0 Å². The molecule has 0 aliphatic carbocycles. The Morgan fingerprint density at radius 2 is 1.12 bits per heavy atom. The van der Waals surface area contributed by atoms with Gasteiger partial charge < -0.3 is 8.83 Å². The molecule has 0 bridgehead atoms. The zero-order valence-electron chi connectivity index (χ0n) is 25.5. The van der Waals surface area contributed by atoms with E-state index in [1.54, 1.807) is 0 Å². The van der Waals surface area contributed by atoms with Crippen molar-refractivity contribution in [2.24, 2.45) is 0 Å². The Morgan fingerprint density at radius 1 is 0.417 bits per heavy atom. The van der Waals surface area contributed by atoms with E-state index in [1.165, 1.54) is 0 Å². The topological polar surface area (TPSA) is 77.8 Å². The standard InChI is InChI=1S/C42H24N4O2/c1-3-11-25(12-4-1)40-44-41(26-13-5-2-6-14-26)46-42(45-40)33-21-28(29-17-9-18-31-30-16-7-8-19-35(30)48-39(29)31)23-37-38(33)32-24-34-27(15-10-20-43-34)22-36(32)47-37/h1-24H. The van der Waals surface area contributed by atoms with Crippen LogP contribution in [-0.4, -0.2) is 19.9 Å². The predicted molar refractivity (Wildman–Crippen MR) is 191 cm³/mol. The molecule has 6 nitrogen and oxygen atoms in total. The molecule has 0 saturated heterocycles. The average Bonchev–Trinajstić information content (AvgIpc) is 3.72. The lowest BCUT2D eigenvalue weighted by molar-refractivity contribution is 0.668. The third-order valence-corrected chi connectivity index (χ3v) is 8.95. The molecule has 0 unspecified atom stereocenters. The number of furan rings is 2. The molecule has 0 fully saturated rings. The van der Waals surface area contributed by atoms with E-state index in [1.807, 2.05) is 97.2 Å². The highest BCUT2D eigenvalue weighted by Gasteiger charge is 2.22. The Kier molecular flexibility index (Phi) is 5.77. The molecular formula is C42H24N4O2. The Balaban J connectivity index is 1.31. The molecule has 0 aliphatic rings. The van der Waals surface area contributed by atoms with E-state index < -0.39 is 0 Å². The van der Waals surface area contributed by atoms with E-state index in [4.69, 9.17) is 23.8 Å². The number of rotatable bonds is 4. The summed E-state index contributed by atoms with van der Waals surface area (Å²) in [6.07, 6.45) is 1.81. The van der Waals surface area contributed by atoms with Gasteiger partial charge in [-0.3, -0.25) is 4.98 Å². The van der Waals surface area contributed by atoms with Crippen LogP contribution in [0.25, 0.3) is 100 Å². The van der Waals surface area contributed by atoms with Crippen molar-refractivity contribution in [3.63, 3.8) is 0 Å². The maximum Gasteiger partial charge on any atom is 0.164 e. The van der Waals surface area contributed by atoms with Crippen molar-refractivity contribution < 1.29 is 8.83 Å². The summed E-state index contributed by atoms with van der Waals surface area (Å²) in [5, 5.41) is 5.02. The summed E-state index contributed by atoms with van der Waals surface area (Å²) in [7, 11) is 0. The highest BCUT2D eigenvalue weighted by Crippen LogP contribution is 2.43. The smallest absolute Gasteiger partial charge is 0.164 e. The number of pyridine rings is 1. The number of aromatic nitrogens is 4. The van der Waals surface area contributed by atoms with Crippen molar-refractivity contribution in [1.29, 1.82) is 0 Å². The maximum absolute atomic E-state index is 6.66. The van der Waals surface area contributed by atoms with Crippen LogP contribution < -0.4 is 0 Å². The summed E-state index contributed by atoms with van der Waals surface area (Å²) in [5.74, 6) is 1.74. The van der Waals surface area contributed by atoms with Gasteiger partial charge in [0.1, 0.15) is 22.3 Å². The van der Waals surface area contributed by atoms with Crippen molar-refractivity contribution in [2.45, 2.75) is 0 Å². The van der Waals surface area contributed by atoms with Crippen LogP contribution in [0.5, 0.6) is 0 Å². The fraction of sp³-hybridized carbons (Fsp3) is 0. The van der Waals surface area contributed by atoms with E-state index in [-0.39, 0.29) is 0 Å². The van der Waals surface area contributed by atoms with Crippen molar-refractivity contribution in [2.75, 3.05) is 0 Å². The number of hydrogen-bond donors (Lipinski definition) is 0. The lowest BCUT2D eigenvalue weighted by Crippen LogP contribution is -2.00. The molecule has 48 heavy (non-hydrogen) atoms. The molecule has 10 aromatic rings. The molecule has 4 aromatic heterocycles. The van der Waals surface area contributed by atoms with Gasteiger partial charge in [-0.05, 0) is 42.0 Å². The van der Waals surface area contributed by atoms with Gasteiger partial charge in [-0.2, -0.15) is 0 Å². The minimum atomic E-state index is 0.551.